The van der Waals surface area contributed by atoms with Gasteiger partial charge in [0.05, 0.1) is 48.8 Å². The van der Waals surface area contributed by atoms with Crippen molar-refractivity contribution in [2.75, 3.05) is 24.0 Å². The summed E-state index contributed by atoms with van der Waals surface area (Å²) in [6.07, 6.45) is 2.27. The highest BCUT2D eigenvalue weighted by molar-refractivity contribution is 6.32. The lowest BCUT2D eigenvalue weighted by Gasteiger charge is -2.50. The molecule has 58 heavy (non-hydrogen) atoms. The molecule has 2 aliphatic heterocycles. The lowest BCUT2D eigenvalue weighted by Crippen LogP contribution is -2.53. The molecule has 5 aromatic rings. The van der Waals surface area contributed by atoms with Gasteiger partial charge in [-0.1, -0.05) is 90.0 Å². The Morgan fingerprint density at radius 3 is 1.98 bits per heavy atom. The Balaban J connectivity index is 1.20. The fourth-order valence-electron chi connectivity index (χ4n) is 9.97. The van der Waals surface area contributed by atoms with Crippen LogP contribution in [0.4, 0.5) is 11.4 Å². The standard InChI is InChI=1S/C47H37ClN2O8/c1-57-37-22-28(23-38(58-2)42(37)52)40-33-20-21-34-39(45(55)49(43(34)53)31-18-16-27(17-19-31)41(51)26-10-5-3-6-11-26)35(33)25-36-44(54)50(32-15-9-14-30(48)24-32)46(56)47(36,40)29-12-7-4-8-13-29/h3-20,22-24,34-36,39-40,52H,21,25H2,1-2H3/t34-,35+,36-,39-,40-,47+/m0/s1. The molecule has 0 radical (unpaired) electrons. The smallest absolute Gasteiger partial charge is 0.246 e. The largest absolute Gasteiger partial charge is 0.502 e. The van der Waals surface area contributed by atoms with Gasteiger partial charge in [0.1, 0.15) is 0 Å². The Morgan fingerprint density at radius 1 is 0.707 bits per heavy atom. The maximum atomic E-state index is 15.5. The van der Waals surface area contributed by atoms with E-state index in [1.165, 1.54) is 24.0 Å². The van der Waals surface area contributed by atoms with Crippen LogP contribution in [0.25, 0.3) is 0 Å². The summed E-state index contributed by atoms with van der Waals surface area (Å²) in [5.41, 5.74) is 1.91. The predicted molar refractivity (Wildman–Crippen MR) is 216 cm³/mol. The molecule has 2 aliphatic carbocycles. The van der Waals surface area contributed by atoms with Gasteiger partial charge in [-0.05, 0) is 84.5 Å². The van der Waals surface area contributed by atoms with Crippen LogP contribution in [-0.4, -0.2) is 48.7 Å². The van der Waals surface area contributed by atoms with E-state index in [0.29, 0.717) is 38.7 Å². The third-order valence-corrected chi connectivity index (χ3v) is 12.7. The van der Waals surface area contributed by atoms with Gasteiger partial charge in [-0.25, -0.2) is 4.90 Å². The molecule has 1 saturated carbocycles. The molecular formula is C47H37ClN2O8. The maximum Gasteiger partial charge on any atom is 0.246 e. The Labute approximate surface area is 339 Å². The lowest BCUT2D eigenvalue weighted by molar-refractivity contribution is -0.127. The molecule has 3 fully saturated rings. The van der Waals surface area contributed by atoms with Gasteiger partial charge in [-0.2, -0.15) is 0 Å². The second-order valence-corrected chi connectivity index (χ2v) is 15.6. The first kappa shape index (κ1) is 37.1. The number of fused-ring (bicyclic) bond motifs is 4. The Bertz CT molecular complexity index is 2530. The second kappa shape index (κ2) is 14.1. The number of ketones is 1. The van der Waals surface area contributed by atoms with Crippen LogP contribution in [-0.2, 0) is 24.6 Å². The van der Waals surface area contributed by atoms with Crippen LogP contribution < -0.4 is 19.3 Å². The van der Waals surface area contributed by atoms with Crippen molar-refractivity contribution in [3.05, 3.63) is 160 Å². The third-order valence-electron chi connectivity index (χ3n) is 12.4. The van der Waals surface area contributed by atoms with Gasteiger partial charge in [-0.3, -0.25) is 28.9 Å². The van der Waals surface area contributed by atoms with Gasteiger partial charge in [0, 0.05) is 22.1 Å². The van der Waals surface area contributed by atoms with Crippen molar-refractivity contribution in [2.45, 2.75) is 24.2 Å². The molecule has 290 valence electrons. The normalized spacial score (nSPS) is 24.9. The summed E-state index contributed by atoms with van der Waals surface area (Å²) in [7, 11) is 2.82. The van der Waals surface area contributed by atoms with Crippen LogP contribution >= 0.6 is 11.6 Å². The lowest BCUT2D eigenvalue weighted by atomic mass is 9.49. The highest BCUT2D eigenvalue weighted by Crippen LogP contribution is 2.65. The minimum atomic E-state index is -1.53. The number of amides is 4. The van der Waals surface area contributed by atoms with E-state index in [2.05, 4.69) is 0 Å². The summed E-state index contributed by atoms with van der Waals surface area (Å²) in [6, 6.07) is 34.3. The van der Waals surface area contributed by atoms with E-state index >= 15 is 9.59 Å². The Morgan fingerprint density at radius 2 is 1.34 bits per heavy atom. The molecule has 0 unspecified atom stereocenters. The van der Waals surface area contributed by atoms with Crippen LogP contribution in [0.15, 0.2) is 133 Å². The van der Waals surface area contributed by atoms with E-state index in [9.17, 15) is 19.5 Å². The van der Waals surface area contributed by atoms with Gasteiger partial charge in [0.25, 0.3) is 0 Å². The number of halogens is 1. The quantitative estimate of drug-likeness (QED) is 0.0964. The number of nitrogens with zero attached hydrogens (tertiary/aromatic N) is 2. The van der Waals surface area contributed by atoms with Crippen LogP contribution in [0.3, 0.4) is 0 Å². The number of aromatic hydroxyl groups is 1. The average molecular weight is 793 g/mol. The number of phenols is 1. The highest BCUT2D eigenvalue weighted by atomic mass is 35.5. The third kappa shape index (κ3) is 5.42. The Kier molecular flexibility index (Phi) is 9.04. The zero-order chi connectivity index (χ0) is 40.5. The van der Waals surface area contributed by atoms with Crippen molar-refractivity contribution < 1.29 is 38.6 Å². The van der Waals surface area contributed by atoms with Gasteiger partial charge in [0.2, 0.25) is 29.4 Å². The molecule has 2 saturated heterocycles. The number of benzene rings is 5. The van der Waals surface area contributed by atoms with E-state index in [-0.39, 0.29) is 41.8 Å². The average Bonchev–Trinajstić information content (AvgIpc) is 3.64. The van der Waals surface area contributed by atoms with Crippen LogP contribution in [0, 0.1) is 23.7 Å². The zero-order valence-electron chi connectivity index (χ0n) is 31.5. The Hall–Kier alpha value is -6.52. The number of methoxy groups -OCH3 is 2. The van der Waals surface area contributed by atoms with Crippen molar-refractivity contribution in [2.24, 2.45) is 23.7 Å². The fourth-order valence-corrected chi connectivity index (χ4v) is 10.2. The van der Waals surface area contributed by atoms with Crippen molar-refractivity contribution in [3.63, 3.8) is 0 Å². The van der Waals surface area contributed by atoms with Crippen LogP contribution in [0.2, 0.25) is 5.02 Å². The SMILES string of the molecule is COc1cc([C@H]2C3=CC[C@@H]4C(=O)N(c5ccc(C(=O)c6ccccc6)cc5)C(=O)[C@@H]4[C@@H]3C[C@H]3C(=O)N(c4cccc(Cl)c4)C(=O)[C@@]23c2ccccc2)cc(OC)c1O. The number of imide groups is 2. The predicted octanol–water partition coefficient (Wildman–Crippen LogP) is 7.66. The highest BCUT2D eigenvalue weighted by Gasteiger charge is 2.70. The van der Waals surface area contributed by atoms with Crippen molar-refractivity contribution in [1.82, 2.24) is 0 Å². The molecule has 10 nitrogen and oxygen atoms in total. The molecule has 0 bridgehead atoms. The number of rotatable bonds is 8. The first-order chi connectivity index (χ1) is 28.1. The number of hydrogen-bond acceptors (Lipinski definition) is 8. The molecular weight excluding hydrogens is 756 g/mol. The number of ether oxygens (including phenoxy) is 2. The minimum Gasteiger partial charge on any atom is -0.502 e. The van der Waals surface area contributed by atoms with Crippen LogP contribution in [0.5, 0.6) is 17.2 Å². The molecule has 9 rings (SSSR count). The summed E-state index contributed by atoms with van der Waals surface area (Å²) in [6.45, 7) is 0. The minimum absolute atomic E-state index is 0.0986. The molecule has 1 N–H and O–H groups in total. The first-order valence-corrected chi connectivity index (χ1v) is 19.4. The van der Waals surface area contributed by atoms with E-state index in [4.69, 9.17) is 21.1 Å². The summed E-state index contributed by atoms with van der Waals surface area (Å²) in [4.78, 5) is 75.3. The maximum absolute atomic E-state index is 15.5. The summed E-state index contributed by atoms with van der Waals surface area (Å²) >= 11 is 6.44. The summed E-state index contributed by atoms with van der Waals surface area (Å²) in [5.74, 6) is -5.99. The number of anilines is 2. The molecule has 2 heterocycles. The fraction of sp³-hybridized carbons (Fsp3) is 0.213. The molecule has 0 aromatic heterocycles. The number of allylic oxidation sites excluding steroid dienone is 2. The molecule has 4 aliphatic rings. The topological polar surface area (TPSA) is 131 Å². The summed E-state index contributed by atoms with van der Waals surface area (Å²) in [5, 5.41) is 11.4. The number of carbonyl (C=O) groups is 5. The van der Waals surface area contributed by atoms with E-state index in [1.807, 2.05) is 42.5 Å². The summed E-state index contributed by atoms with van der Waals surface area (Å²) < 4.78 is 11.2. The number of hydrogen-bond donors (Lipinski definition) is 1. The van der Waals surface area contributed by atoms with Gasteiger partial charge in [0.15, 0.2) is 17.3 Å². The van der Waals surface area contributed by atoms with E-state index < -0.39 is 52.7 Å². The van der Waals surface area contributed by atoms with Crippen molar-refractivity contribution >= 4 is 52.4 Å². The second-order valence-electron chi connectivity index (χ2n) is 15.1. The molecule has 4 amide bonds. The number of phenolic OH excluding ortho intramolecular Hbond substituents is 1. The zero-order valence-corrected chi connectivity index (χ0v) is 32.3. The molecule has 0 spiro atoms. The van der Waals surface area contributed by atoms with Gasteiger partial charge >= 0.3 is 0 Å². The van der Waals surface area contributed by atoms with Crippen molar-refractivity contribution in [1.29, 1.82) is 0 Å². The van der Waals surface area contributed by atoms with Gasteiger partial charge < -0.3 is 14.6 Å². The van der Waals surface area contributed by atoms with E-state index in [1.54, 1.807) is 84.9 Å². The molecule has 5 aromatic carbocycles. The van der Waals surface area contributed by atoms with Crippen LogP contribution in [0.1, 0.15) is 45.8 Å². The van der Waals surface area contributed by atoms with Gasteiger partial charge in [-0.15, -0.1) is 0 Å². The van der Waals surface area contributed by atoms with Crippen molar-refractivity contribution in [3.8, 4) is 17.2 Å². The molecule has 11 heteroatoms. The monoisotopic (exact) mass is 792 g/mol. The van der Waals surface area contributed by atoms with E-state index in [0.717, 1.165) is 5.57 Å². The first-order valence-electron chi connectivity index (χ1n) is 19.0. The molecule has 6 atom stereocenters. The number of carbonyl (C=O) groups excluding carboxylic acids is 5.